The van der Waals surface area contributed by atoms with E-state index in [0.717, 1.165) is 0 Å². The van der Waals surface area contributed by atoms with Crippen LogP contribution in [0.1, 0.15) is 12.1 Å². The van der Waals surface area contributed by atoms with E-state index in [1.165, 1.54) is 0 Å². The average molecular weight is 249 g/mol. The highest BCUT2D eigenvalue weighted by Crippen LogP contribution is 2.29. The minimum atomic E-state index is -0.955. The molecule has 1 aliphatic rings. The van der Waals surface area contributed by atoms with Crippen LogP contribution >= 0.6 is 11.6 Å². The summed E-state index contributed by atoms with van der Waals surface area (Å²) >= 11 is 5.77. The molecular weight excluding hydrogens is 240 g/mol. The zero-order valence-electron chi connectivity index (χ0n) is 8.89. The lowest BCUT2D eigenvalue weighted by atomic mass is 9.91. The molecule has 0 bridgehead atoms. The lowest BCUT2D eigenvalue weighted by Crippen LogP contribution is -2.62. The van der Waals surface area contributed by atoms with Gasteiger partial charge in [0.25, 0.3) is 0 Å². The first kappa shape index (κ1) is 11.7. The Balaban J connectivity index is 2.13. The molecule has 1 saturated heterocycles. The zero-order valence-corrected chi connectivity index (χ0v) is 9.65. The van der Waals surface area contributed by atoms with Crippen LogP contribution in [0.3, 0.4) is 0 Å². The van der Waals surface area contributed by atoms with Crippen LogP contribution in [0.2, 0.25) is 5.02 Å². The average Bonchev–Trinajstić information content (AvgIpc) is 2.27. The van der Waals surface area contributed by atoms with Gasteiger partial charge in [0.15, 0.2) is 5.69 Å². The SMILES string of the molecule is N#CCC1(O)CN(c2ccc(Cl)c(C#N)n2)C1. The van der Waals surface area contributed by atoms with Gasteiger partial charge in [0.1, 0.15) is 17.5 Å². The van der Waals surface area contributed by atoms with Crippen molar-refractivity contribution in [3.8, 4) is 12.1 Å². The third kappa shape index (κ3) is 2.16. The number of hydrogen-bond donors (Lipinski definition) is 1. The molecule has 6 heteroatoms. The van der Waals surface area contributed by atoms with E-state index in [0.29, 0.717) is 23.9 Å². The molecule has 0 radical (unpaired) electrons. The van der Waals surface area contributed by atoms with E-state index in [-0.39, 0.29) is 12.1 Å². The van der Waals surface area contributed by atoms with Gasteiger partial charge in [0.05, 0.1) is 30.6 Å². The van der Waals surface area contributed by atoms with Crippen molar-refractivity contribution < 1.29 is 5.11 Å². The van der Waals surface area contributed by atoms with E-state index in [9.17, 15) is 5.11 Å². The largest absolute Gasteiger partial charge is 0.385 e. The van der Waals surface area contributed by atoms with E-state index in [1.54, 1.807) is 17.0 Å². The Morgan fingerprint density at radius 2 is 2.18 bits per heavy atom. The summed E-state index contributed by atoms with van der Waals surface area (Å²) in [7, 11) is 0. The molecule has 1 N–H and O–H groups in total. The second-order valence-electron chi connectivity index (χ2n) is 4.03. The first-order chi connectivity index (χ1) is 8.08. The molecule has 1 aromatic rings. The van der Waals surface area contributed by atoms with Crippen LogP contribution in [0.4, 0.5) is 5.82 Å². The van der Waals surface area contributed by atoms with Gasteiger partial charge in [-0.05, 0) is 12.1 Å². The van der Waals surface area contributed by atoms with Gasteiger partial charge < -0.3 is 10.0 Å². The second kappa shape index (κ2) is 4.21. The van der Waals surface area contributed by atoms with Crippen LogP contribution in [0.5, 0.6) is 0 Å². The highest BCUT2D eigenvalue weighted by Gasteiger charge is 2.41. The van der Waals surface area contributed by atoms with Crippen molar-refractivity contribution in [2.75, 3.05) is 18.0 Å². The molecule has 17 heavy (non-hydrogen) atoms. The molecule has 0 saturated carbocycles. The van der Waals surface area contributed by atoms with Crippen LogP contribution < -0.4 is 4.90 Å². The number of pyridine rings is 1. The molecule has 0 spiro atoms. The molecule has 2 rings (SSSR count). The lowest BCUT2D eigenvalue weighted by Gasteiger charge is -2.46. The van der Waals surface area contributed by atoms with Gasteiger partial charge in [-0.1, -0.05) is 11.6 Å². The molecule has 0 atom stereocenters. The number of aliphatic hydroxyl groups is 1. The summed E-state index contributed by atoms with van der Waals surface area (Å²) in [6, 6.07) is 7.13. The van der Waals surface area contributed by atoms with Crippen molar-refractivity contribution in [2.45, 2.75) is 12.0 Å². The summed E-state index contributed by atoms with van der Waals surface area (Å²) in [4.78, 5) is 5.88. The van der Waals surface area contributed by atoms with Crippen molar-refractivity contribution >= 4 is 17.4 Å². The monoisotopic (exact) mass is 248 g/mol. The molecule has 0 unspecified atom stereocenters. The van der Waals surface area contributed by atoms with E-state index in [2.05, 4.69) is 4.98 Å². The standard InChI is InChI=1S/C11H9ClN4O/c12-8-1-2-10(15-9(8)5-14)16-6-11(17,7-16)3-4-13/h1-2,17H,3,6-7H2. The molecule has 86 valence electrons. The maximum absolute atomic E-state index is 9.84. The van der Waals surface area contributed by atoms with Gasteiger partial charge in [-0.2, -0.15) is 10.5 Å². The van der Waals surface area contributed by atoms with Crippen molar-refractivity contribution in [3.63, 3.8) is 0 Å². The maximum Gasteiger partial charge on any atom is 0.161 e. The Bertz CT molecular complexity index is 525. The van der Waals surface area contributed by atoms with Crippen LogP contribution in [0.15, 0.2) is 12.1 Å². The first-order valence-electron chi connectivity index (χ1n) is 4.99. The third-order valence-corrected chi connectivity index (χ3v) is 2.94. The summed E-state index contributed by atoms with van der Waals surface area (Å²) < 4.78 is 0. The Labute approximate surface area is 103 Å². The summed E-state index contributed by atoms with van der Waals surface area (Å²) in [6.45, 7) is 0.695. The molecule has 2 heterocycles. The quantitative estimate of drug-likeness (QED) is 0.846. The molecule has 1 fully saturated rings. The van der Waals surface area contributed by atoms with Gasteiger partial charge in [-0.25, -0.2) is 4.98 Å². The number of rotatable bonds is 2. The molecular formula is C11H9ClN4O. The Morgan fingerprint density at radius 1 is 1.47 bits per heavy atom. The highest BCUT2D eigenvalue weighted by atomic mass is 35.5. The predicted molar refractivity (Wildman–Crippen MR) is 61.4 cm³/mol. The van der Waals surface area contributed by atoms with Crippen LogP contribution in [-0.4, -0.2) is 28.8 Å². The van der Waals surface area contributed by atoms with Gasteiger partial charge in [0.2, 0.25) is 0 Å². The number of β-amino-alcohol motifs (C(OH)–C–C–N with tert-alkyl or cyclic N) is 1. The second-order valence-corrected chi connectivity index (χ2v) is 4.43. The van der Waals surface area contributed by atoms with Gasteiger partial charge in [0, 0.05) is 0 Å². The molecule has 0 aromatic carbocycles. The first-order valence-corrected chi connectivity index (χ1v) is 5.37. The highest BCUT2D eigenvalue weighted by molar-refractivity contribution is 6.31. The Hall–Kier alpha value is -1.82. The molecule has 1 aliphatic heterocycles. The number of aromatic nitrogens is 1. The van der Waals surface area contributed by atoms with Crippen molar-refractivity contribution in [1.29, 1.82) is 10.5 Å². The number of hydrogen-bond acceptors (Lipinski definition) is 5. The normalized spacial score (nSPS) is 16.8. The van der Waals surface area contributed by atoms with Gasteiger partial charge >= 0.3 is 0 Å². The third-order valence-electron chi connectivity index (χ3n) is 2.64. The van der Waals surface area contributed by atoms with Crippen molar-refractivity contribution in [2.24, 2.45) is 0 Å². The topological polar surface area (TPSA) is 83.9 Å². The van der Waals surface area contributed by atoms with E-state index < -0.39 is 5.60 Å². The number of nitrogens with zero attached hydrogens (tertiary/aromatic N) is 4. The lowest BCUT2D eigenvalue weighted by molar-refractivity contribution is 0.0162. The molecule has 0 amide bonds. The van der Waals surface area contributed by atoms with E-state index >= 15 is 0 Å². The van der Waals surface area contributed by atoms with Crippen molar-refractivity contribution in [3.05, 3.63) is 22.8 Å². The van der Waals surface area contributed by atoms with Crippen molar-refractivity contribution in [1.82, 2.24) is 4.98 Å². The molecule has 0 aliphatic carbocycles. The summed E-state index contributed by atoms with van der Waals surface area (Å²) in [5.41, 5.74) is -0.789. The van der Waals surface area contributed by atoms with Gasteiger partial charge in [-0.3, -0.25) is 0 Å². The molecule has 1 aromatic heterocycles. The smallest absolute Gasteiger partial charge is 0.161 e. The number of nitriles is 2. The molecule has 5 nitrogen and oxygen atoms in total. The van der Waals surface area contributed by atoms with Crippen LogP contribution in [0.25, 0.3) is 0 Å². The van der Waals surface area contributed by atoms with E-state index in [1.807, 2.05) is 12.1 Å². The fourth-order valence-corrected chi connectivity index (χ4v) is 1.92. The fourth-order valence-electron chi connectivity index (χ4n) is 1.77. The fraction of sp³-hybridized carbons (Fsp3) is 0.364. The summed E-state index contributed by atoms with van der Waals surface area (Å²) in [5, 5.41) is 27.5. The van der Waals surface area contributed by atoms with E-state index in [4.69, 9.17) is 22.1 Å². The Morgan fingerprint density at radius 3 is 2.76 bits per heavy atom. The number of anilines is 1. The minimum absolute atomic E-state index is 0.0994. The predicted octanol–water partition coefficient (Wildman–Crippen LogP) is 1.07. The summed E-state index contributed by atoms with van der Waals surface area (Å²) in [6.07, 6.45) is 0.0994. The van der Waals surface area contributed by atoms with Gasteiger partial charge in [-0.15, -0.1) is 0 Å². The minimum Gasteiger partial charge on any atom is -0.385 e. The van der Waals surface area contributed by atoms with Crippen LogP contribution in [-0.2, 0) is 0 Å². The maximum atomic E-state index is 9.84. The summed E-state index contributed by atoms with van der Waals surface area (Å²) in [5.74, 6) is 0.591. The Kier molecular flexibility index (Phi) is 2.89. The zero-order chi connectivity index (χ0) is 12.5. The number of halogens is 1. The van der Waals surface area contributed by atoms with Crippen LogP contribution in [0, 0.1) is 22.7 Å².